The lowest BCUT2D eigenvalue weighted by atomic mass is 10.2. The largest absolute Gasteiger partial charge is 0.401 e. The lowest BCUT2D eigenvalue weighted by Crippen LogP contribution is -2.49. The van der Waals surface area contributed by atoms with Crippen molar-refractivity contribution >= 4 is 41.5 Å². The second kappa shape index (κ2) is 10.5. The minimum absolute atomic E-state index is 0. The highest BCUT2D eigenvalue weighted by molar-refractivity contribution is 14.0. The number of nitrogens with zero attached hydrogens (tertiary/aromatic N) is 3. The molecule has 2 aliphatic heterocycles. The summed E-state index contributed by atoms with van der Waals surface area (Å²) in [6, 6.07) is 9.28. The van der Waals surface area contributed by atoms with Gasteiger partial charge in [0.25, 0.3) is 0 Å². The molecule has 1 amide bonds. The van der Waals surface area contributed by atoms with Gasteiger partial charge in [-0.2, -0.15) is 13.2 Å². The number of amides is 1. The van der Waals surface area contributed by atoms with Crippen LogP contribution in [0.4, 0.5) is 18.9 Å². The molecule has 2 fully saturated rings. The van der Waals surface area contributed by atoms with Crippen LogP contribution in [0.25, 0.3) is 0 Å². The van der Waals surface area contributed by atoms with E-state index in [1.54, 1.807) is 4.90 Å². The van der Waals surface area contributed by atoms with Crippen LogP contribution in [0.2, 0.25) is 0 Å². The van der Waals surface area contributed by atoms with Crippen molar-refractivity contribution in [2.45, 2.75) is 38.0 Å². The van der Waals surface area contributed by atoms with Crippen LogP contribution in [-0.4, -0.2) is 67.8 Å². The van der Waals surface area contributed by atoms with Crippen LogP contribution in [0.15, 0.2) is 35.3 Å². The number of benzene rings is 1. The number of carbonyl (C=O) groups is 1. The molecule has 2 N–H and O–H groups in total. The van der Waals surface area contributed by atoms with E-state index in [4.69, 9.17) is 0 Å². The molecule has 0 bridgehead atoms. The Morgan fingerprint density at radius 3 is 2.52 bits per heavy atom. The topological polar surface area (TPSA) is 60.0 Å². The third kappa shape index (κ3) is 7.02. The van der Waals surface area contributed by atoms with Gasteiger partial charge in [-0.1, -0.05) is 18.2 Å². The van der Waals surface area contributed by atoms with Gasteiger partial charge in [-0.05, 0) is 25.5 Å². The number of anilines is 1. The summed E-state index contributed by atoms with van der Waals surface area (Å²) in [7, 11) is 0. The summed E-state index contributed by atoms with van der Waals surface area (Å²) < 4.78 is 37.7. The minimum atomic E-state index is -4.18. The third-order valence-electron chi connectivity index (χ3n) is 4.87. The molecule has 3 rings (SSSR count). The van der Waals surface area contributed by atoms with Gasteiger partial charge in [-0.15, -0.1) is 24.0 Å². The first-order chi connectivity index (χ1) is 13.3. The average molecular weight is 525 g/mol. The Bertz CT molecular complexity index is 701. The molecule has 6 nitrogen and oxygen atoms in total. The Morgan fingerprint density at radius 2 is 1.86 bits per heavy atom. The van der Waals surface area contributed by atoms with Crippen LogP contribution in [0.3, 0.4) is 0 Å². The third-order valence-corrected chi connectivity index (χ3v) is 4.87. The van der Waals surface area contributed by atoms with Crippen molar-refractivity contribution in [3.05, 3.63) is 30.3 Å². The highest BCUT2D eigenvalue weighted by Gasteiger charge is 2.35. The molecule has 162 valence electrons. The molecular weight excluding hydrogens is 498 g/mol. The summed E-state index contributed by atoms with van der Waals surface area (Å²) in [5.41, 5.74) is 0.859. The zero-order valence-electron chi connectivity index (χ0n) is 16.3. The fourth-order valence-corrected chi connectivity index (χ4v) is 3.69. The van der Waals surface area contributed by atoms with Gasteiger partial charge in [0.1, 0.15) is 0 Å². The number of hydrogen-bond acceptors (Lipinski definition) is 3. The van der Waals surface area contributed by atoms with Crippen molar-refractivity contribution in [1.82, 2.24) is 15.5 Å². The molecule has 0 aliphatic carbocycles. The van der Waals surface area contributed by atoms with Crippen LogP contribution in [-0.2, 0) is 4.79 Å². The molecule has 10 heteroatoms. The number of nitrogens with one attached hydrogen (secondary N) is 2. The monoisotopic (exact) mass is 525 g/mol. The smallest absolute Gasteiger partial charge is 0.352 e. The number of carbonyl (C=O) groups excluding carboxylic acids is 1. The number of alkyl halides is 3. The number of aliphatic imine (C=N–C) groups is 1. The summed E-state index contributed by atoms with van der Waals surface area (Å²) in [6.45, 7) is 2.80. The predicted molar refractivity (Wildman–Crippen MR) is 118 cm³/mol. The number of para-hydroxylation sites is 1. The van der Waals surface area contributed by atoms with Crippen molar-refractivity contribution in [2.75, 3.05) is 37.6 Å². The second-order valence-electron chi connectivity index (χ2n) is 7.19. The first-order valence-electron chi connectivity index (χ1n) is 9.56. The molecule has 0 spiro atoms. The van der Waals surface area contributed by atoms with E-state index >= 15 is 0 Å². The van der Waals surface area contributed by atoms with E-state index in [9.17, 15) is 18.0 Å². The molecule has 2 aliphatic rings. The van der Waals surface area contributed by atoms with Gasteiger partial charge in [-0.3, -0.25) is 14.7 Å². The molecule has 2 heterocycles. The Hall–Kier alpha value is -1.56. The first kappa shape index (κ1) is 23.7. The molecule has 2 unspecified atom stereocenters. The number of likely N-dealkylation sites (tertiary alicyclic amines) is 1. The van der Waals surface area contributed by atoms with Gasteiger partial charge >= 0.3 is 6.18 Å². The number of hydrogen-bond donors (Lipinski definition) is 2. The highest BCUT2D eigenvalue weighted by atomic mass is 127. The van der Waals surface area contributed by atoms with Gasteiger partial charge in [0.2, 0.25) is 5.91 Å². The zero-order valence-corrected chi connectivity index (χ0v) is 18.6. The van der Waals surface area contributed by atoms with E-state index in [0.717, 1.165) is 5.69 Å². The van der Waals surface area contributed by atoms with Gasteiger partial charge in [0, 0.05) is 44.3 Å². The van der Waals surface area contributed by atoms with Crippen LogP contribution < -0.4 is 15.5 Å². The molecule has 2 atom stereocenters. The van der Waals surface area contributed by atoms with Crippen LogP contribution in [0, 0.1) is 0 Å². The molecular formula is C19H27F3IN5O. The summed E-state index contributed by atoms with van der Waals surface area (Å²) >= 11 is 0. The molecule has 0 saturated carbocycles. The lowest BCUT2D eigenvalue weighted by Gasteiger charge is -2.22. The average Bonchev–Trinajstić information content (AvgIpc) is 3.20. The maximum atomic E-state index is 12.6. The van der Waals surface area contributed by atoms with Crippen LogP contribution >= 0.6 is 24.0 Å². The Labute approximate surface area is 185 Å². The number of rotatable bonds is 5. The van der Waals surface area contributed by atoms with E-state index in [-0.39, 0.29) is 42.0 Å². The van der Waals surface area contributed by atoms with Crippen molar-refractivity contribution in [1.29, 1.82) is 0 Å². The molecule has 0 radical (unpaired) electrons. The number of halogens is 4. The molecule has 0 aromatic heterocycles. The van der Waals surface area contributed by atoms with Crippen LogP contribution in [0.1, 0.15) is 19.8 Å². The van der Waals surface area contributed by atoms with Crippen molar-refractivity contribution in [3.63, 3.8) is 0 Å². The predicted octanol–water partition coefficient (Wildman–Crippen LogP) is 2.60. The molecule has 2 saturated heterocycles. The van der Waals surface area contributed by atoms with Gasteiger partial charge in [0.05, 0.1) is 12.6 Å². The van der Waals surface area contributed by atoms with Crippen molar-refractivity contribution in [3.8, 4) is 0 Å². The Balaban J connectivity index is 0.00000300. The maximum Gasteiger partial charge on any atom is 0.401 e. The van der Waals surface area contributed by atoms with Gasteiger partial charge in [-0.25, -0.2) is 0 Å². The summed E-state index contributed by atoms with van der Waals surface area (Å²) in [6.07, 6.45) is -3.21. The second-order valence-corrected chi connectivity index (χ2v) is 7.19. The summed E-state index contributed by atoms with van der Waals surface area (Å²) in [4.78, 5) is 19.9. The van der Waals surface area contributed by atoms with E-state index in [2.05, 4.69) is 15.6 Å². The standard InChI is InChI=1S/C19H26F3N5O.HI/c1-2-23-18(24-14-8-9-26(11-14)13-19(20,21)22)25-15-10-17(28)27(12-15)16-6-4-3-5-7-16;/h3-7,14-15H,2,8-13H2,1H3,(H2,23,24,25);1H. The lowest BCUT2D eigenvalue weighted by molar-refractivity contribution is -0.143. The molecule has 29 heavy (non-hydrogen) atoms. The number of guanidine groups is 1. The van der Waals surface area contributed by atoms with E-state index < -0.39 is 12.7 Å². The van der Waals surface area contributed by atoms with Gasteiger partial charge < -0.3 is 15.5 Å². The normalized spacial score (nSPS) is 23.2. The van der Waals surface area contributed by atoms with Crippen molar-refractivity contribution < 1.29 is 18.0 Å². The highest BCUT2D eigenvalue weighted by Crippen LogP contribution is 2.22. The summed E-state index contributed by atoms with van der Waals surface area (Å²) in [5.74, 6) is 0.589. The van der Waals surface area contributed by atoms with Crippen molar-refractivity contribution in [2.24, 2.45) is 4.99 Å². The first-order valence-corrected chi connectivity index (χ1v) is 9.56. The Morgan fingerprint density at radius 1 is 1.17 bits per heavy atom. The van der Waals surface area contributed by atoms with E-state index in [0.29, 0.717) is 45.0 Å². The fourth-order valence-electron chi connectivity index (χ4n) is 3.69. The fraction of sp³-hybridized carbons (Fsp3) is 0.579. The zero-order chi connectivity index (χ0) is 20.1. The quantitative estimate of drug-likeness (QED) is 0.353. The minimum Gasteiger partial charge on any atom is -0.352 e. The Kier molecular flexibility index (Phi) is 8.56. The molecule has 1 aromatic rings. The van der Waals surface area contributed by atoms with Gasteiger partial charge in [0.15, 0.2) is 5.96 Å². The molecule has 1 aromatic carbocycles. The van der Waals surface area contributed by atoms with E-state index in [1.165, 1.54) is 4.90 Å². The maximum absolute atomic E-state index is 12.6. The van der Waals surface area contributed by atoms with E-state index in [1.807, 2.05) is 37.3 Å². The van der Waals surface area contributed by atoms with Crippen LogP contribution in [0.5, 0.6) is 0 Å². The SMILES string of the molecule is CCN=C(NC1CCN(CC(F)(F)F)C1)NC1CC(=O)N(c2ccccc2)C1.I. The summed E-state index contributed by atoms with van der Waals surface area (Å²) in [5, 5.41) is 6.50.